The third-order valence-corrected chi connectivity index (χ3v) is 4.30. The van der Waals surface area contributed by atoms with Gasteiger partial charge in [-0.1, -0.05) is 17.7 Å². The van der Waals surface area contributed by atoms with Gasteiger partial charge in [-0.2, -0.15) is 0 Å². The predicted octanol–water partition coefficient (Wildman–Crippen LogP) is 4.19. The minimum absolute atomic E-state index is 0.0640. The van der Waals surface area contributed by atoms with Crippen LogP contribution in [0.4, 0.5) is 19.0 Å². The number of aromatic nitrogens is 2. The van der Waals surface area contributed by atoms with Crippen molar-refractivity contribution >= 4 is 23.4 Å². The molecule has 3 rings (SSSR count). The van der Waals surface area contributed by atoms with Crippen molar-refractivity contribution < 1.29 is 22.7 Å². The van der Waals surface area contributed by atoms with E-state index in [9.17, 15) is 18.0 Å². The number of benzene rings is 1. The summed E-state index contributed by atoms with van der Waals surface area (Å²) in [5, 5.41) is 2.57. The highest BCUT2D eigenvalue weighted by atomic mass is 35.5. The van der Waals surface area contributed by atoms with Gasteiger partial charge in [-0.05, 0) is 18.9 Å². The fourth-order valence-corrected chi connectivity index (χ4v) is 2.62. The van der Waals surface area contributed by atoms with Crippen molar-refractivity contribution in [3.05, 3.63) is 51.9 Å². The molecule has 1 atom stereocenters. The Hall–Kier alpha value is -2.35. The Kier molecular flexibility index (Phi) is 5.31. The maximum absolute atomic E-state index is 14.3. The molecule has 2 aromatic rings. The molecule has 138 valence electrons. The summed E-state index contributed by atoms with van der Waals surface area (Å²) in [6, 6.07) is 2.62. The van der Waals surface area contributed by atoms with Crippen LogP contribution in [0.3, 0.4) is 0 Å². The molecule has 5 nitrogen and oxygen atoms in total. The minimum Gasteiger partial charge on any atom is -0.464 e. The molecule has 9 heteroatoms. The maximum atomic E-state index is 14.3. The van der Waals surface area contributed by atoms with E-state index in [2.05, 4.69) is 20.0 Å². The molecule has 1 heterocycles. The van der Waals surface area contributed by atoms with E-state index < -0.39 is 23.8 Å². The van der Waals surface area contributed by atoms with Crippen LogP contribution < -0.4 is 5.32 Å². The van der Waals surface area contributed by atoms with Crippen LogP contribution in [0.1, 0.15) is 46.8 Å². The zero-order chi connectivity index (χ0) is 18.8. The van der Waals surface area contributed by atoms with Gasteiger partial charge in [0.15, 0.2) is 5.69 Å². The number of alkyl halides is 1. The molecular weight excluding hydrogens is 371 g/mol. The molecular formula is C17H15ClF3N3O2. The molecule has 1 aromatic heterocycles. The zero-order valence-corrected chi connectivity index (χ0v) is 14.5. The average Bonchev–Trinajstić information content (AvgIpc) is 3.45. The zero-order valence-electron chi connectivity index (χ0n) is 13.7. The number of anilines is 1. The van der Waals surface area contributed by atoms with Crippen molar-refractivity contribution in [2.45, 2.75) is 24.9 Å². The molecule has 0 saturated heterocycles. The monoisotopic (exact) mass is 385 g/mol. The number of hydrogen-bond donors (Lipinski definition) is 1. The Bertz CT molecular complexity index is 846. The first kappa shape index (κ1) is 18.4. The van der Waals surface area contributed by atoms with Gasteiger partial charge >= 0.3 is 5.97 Å². The first-order valence-electron chi connectivity index (χ1n) is 7.89. The standard InChI is InChI=1S/C17H15ClF3N3O2/c1-26-17(25)14-13(18)16(24-15(23-14)8-2-3-8)22-7-12(21)10-5-4-9(19)6-11(10)20/h4-6,8,12H,2-3,7H2,1H3,(H,22,23,24). The lowest BCUT2D eigenvalue weighted by molar-refractivity contribution is 0.0593. The fraction of sp³-hybridized carbons (Fsp3) is 0.353. The maximum Gasteiger partial charge on any atom is 0.358 e. The fourth-order valence-electron chi connectivity index (χ4n) is 2.39. The van der Waals surface area contributed by atoms with Gasteiger partial charge in [0.25, 0.3) is 0 Å². The van der Waals surface area contributed by atoms with E-state index in [4.69, 9.17) is 11.6 Å². The molecule has 1 unspecified atom stereocenters. The summed E-state index contributed by atoms with van der Waals surface area (Å²) < 4.78 is 45.6. The summed E-state index contributed by atoms with van der Waals surface area (Å²) >= 11 is 6.13. The van der Waals surface area contributed by atoms with Gasteiger partial charge in [-0.15, -0.1) is 0 Å². The van der Waals surface area contributed by atoms with Gasteiger partial charge in [0, 0.05) is 17.5 Å². The number of methoxy groups -OCH3 is 1. The normalized spacial score (nSPS) is 14.8. The number of nitrogens with zero attached hydrogens (tertiary/aromatic N) is 2. The van der Waals surface area contributed by atoms with Gasteiger partial charge in [-0.3, -0.25) is 0 Å². The van der Waals surface area contributed by atoms with Gasteiger partial charge in [0.05, 0.1) is 13.7 Å². The van der Waals surface area contributed by atoms with Crippen LogP contribution in [-0.4, -0.2) is 29.6 Å². The summed E-state index contributed by atoms with van der Waals surface area (Å²) in [5.41, 5.74) is -0.406. The molecule has 1 saturated carbocycles. The van der Waals surface area contributed by atoms with Gasteiger partial charge in [-0.25, -0.2) is 27.9 Å². The lowest BCUT2D eigenvalue weighted by Gasteiger charge is -2.14. The van der Waals surface area contributed by atoms with E-state index >= 15 is 0 Å². The largest absolute Gasteiger partial charge is 0.464 e. The third kappa shape index (κ3) is 3.90. The third-order valence-electron chi connectivity index (χ3n) is 3.94. The number of ether oxygens (including phenoxy) is 1. The second kappa shape index (κ2) is 7.49. The highest BCUT2D eigenvalue weighted by Gasteiger charge is 2.30. The molecule has 1 aromatic carbocycles. The molecule has 26 heavy (non-hydrogen) atoms. The van der Waals surface area contributed by atoms with E-state index in [1.54, 1.807) is 0 Å². The SMILES string of the molecule is COC(=O)c1nc(C2CC2)nc(NCC(F)c2ccc(F)cc2F)c1Cl. The molecule has 1 N–H and O–H groups in total. The van der Waals surface area contributed by atoms with Crippen molar-refractivity contribution in [1.29, 1.82) is 0 Å². The minimum atomic E-state index is -1.77. The Morgan fingerprint density at radius 3 is 2.73 bits per heavy atom. The lowest BCUT2D eigenvalue weighted by Crippen LogP contribution is -2.15. The summed E-state index contributed by atoms with van der Waals surface area (Å²) in [5.74, 6) is -1.91. The molecule has 0 spiro atoms. The summed E-state index contributed by atoms with van der Waals surface area (Å²) in [6.07, 6.45) is -0.00446. The number of hydrogen-bond acceptors (Lipinski definition) is 5. The van der Waals surface area contributed by atoms with E-state index in [0.717, 1.165) is 25.0 Å². The molecule has 1 fully saturated rings. The summed E-state index contributed by atoms with van der Waals surface area (Å²) in [7, 11) is 1.19. The number of esters is 1. The Morgan fingerprint density at radius 2 is 2.12 bits per heavy atom. The van der Waals surface area contributed by atoms with Crippen LogP contribution in [0.25, 0.3) is 0 Å². The molecule has 0 radical (unpaired) electrons. The van der Waals surface area contributed by atoms with Crippen molar-refractivity contribution in [2.24, 2.45) is 0 Å². The lowest BCUT2D eigenvalue weighted by atomic mass is 10.1. The second-order valence-electron chi connectivity index (χ2n) is 5.87. The number of halogens is 4. The highest BCUT2D eigenvalue weighted by molar-refractivity contribution is 6.35. The molecule has 0 bridgehead atoms. The number of carbonyl (C=O) groups is 1. The smallest absolute Gasteiger partial charge is 0.358 e. The quantitative estimate of drug-likeness (QED) is 0.755. The van der Waals surface area contributed by atoms with Crippen molar-refractivity contribution in [1.82, 2.24) is 9.97 Å². The topological polar surface area (TPSA) is 64.1 Å². The molecule has 0 amide bonds. The molecule has 1 aliphatic rings. The van der Waals surface area contributed by atoms with Crippen LogP contribution in [0.5, 0.6) is 0 Å². The number of nitrogens with one attached hydrogen (secondary N) is 1. The van der Waals surface area contributed by atoms with Gasteiger partial charge in [0.2, 0.25) is 0 Å². The van der Waals surface area contributed by atoms with E-state index in [1.807, 2.05) is 0 Å². The average molecular weight is 386 g/mol. The first-order valence-corrected chi connectivity index (χ1v) is 8.27. The van der Waals surface area contributed by atoms with E-state index in [-0.39, 0.29) is 34.6 Å². The van der Waals surface area contributed by atoms with Crippen LogP contribution in [-0.2, 0) is 4.74 Å². The van der Waals surface area contributed by atoms with Crippen LogP contribution in [0, 0.1) is 11.6 Å². The number of carbonyl (C=O) groups excluding carboxylic acids is 1. The summed E-state index contributed by atoms with van der Waals surface area (Å²) in [6.45, 7) is -0.371. The van der Waals surface area contributed by atoms with Gasteiger partial charge in [0.1, 0.15) is 34.5 Å². The molecule has 1 aliphatic carbocycles. The Labute approximate surface area is 152 Å². The van der Waals surface area contributed by atoms with Gasteiger partial charge < -0.3 is 10.1 Å². The van der Waals surface area contributed by atoms with Crippen molar-refractivity contribution in [2.75, 3.05) is 19.0 Å². The van der Waals surface area contributed by atoms with Crippen LogP contribution in [0.15, 0.2) is 18.2 Å². The van der Waals surface area contributed by atoms with Crippen LogP contribution >= 0.6 is 11.6 Å². The Balaban J connectivity index is 1.82. The first-order chi connectivity index (χ1) is 12.4. The summed E-state index contributed by atoms with van der Waals surface area (Å²) in [4.78, 5) is 20.2. The Morgan fingerprint density at radius 1 is 1.38 bits per heavy atom. The second-order valence-corrected chi connectivity index (χ2v) is 6.25. The highest BCUT2D eigenvalue weighted by Crippen LogP contribution is 2.40. The number of rotatable bonds is 6. The van der Waals surface area contributed by atoms with Crippen molar-refractivity contribution in [3.63, 3.8) is 0 Å². The van der Waals surface area contributed by atoms with Crippen LogP contribution in [0.2, 0.25) is 5.02 Å². The van der Waals surface area contributed by atoms with Crippen molar-refractivity contribution in [3.8, 4) is 0 Å². The molecule has 0 aliphatic heterocycles. The van der Waals surface area contributed by atoms with E-state index in [1.165, 1.54) is 7.11 Å². The van der Waals surface area contributed by atoms with E-state index in [0.29, 0.717) is 11.9 Å². The predicted molar refractivity (Wildman–Crippen MR) is 89.1 cm³/mol.